The molecule has 0 saturated heterocycles. The minimum atomic E-state index is -0.248. The zero-order chi connectivity index (χ0) is 18.5. The van der Waals surface area contributed by atoms with Crippen molar-refractivity contribution >= 4 is 23.0 Å². The van der Waals surface area contributed by atoms with Gasteiger partial charge in [-0.15, -0.1) is 0 Å². The lowest BCUT2D eigenvalue weighted by Crippen LogP contribution is -2.21. The van der Waals surface area contributed by atoms with Crippen molar-refractivity contribution in [2.75, 3.05) is 0 Å². The summed E-state index contributed by atoms with van der Waals surface area (Å²) in [5.41, 5.74) is 6.16. The molecule has 2 heterocycles. The average molecular weight is 354 g/mol. The molecule has 0 aliphatic heterocycles. The third-order valence-corrected chi connectivity index (χ3v) is 4.29. The second-order valence-corrected chi connectivity index (χ2v) is 6.15. The van der Waals surface area contributed by atoms with E-state index in [1.54, 1.807) is 18.6 Å². The number of fused-ring (bicyclic) bond motifs is 1. The van der Waals surface area contributed by atoms with Crippen molar-refractivity contribution < 1.29 is 4.79 Å². The van der Waals surface area contributed by atoms with Gasteiger partial charge in [0.25, 0.3) is 5.91 Å². The van der Waals surface area contributed by atoms with Crippen molar-refractivity contribution in [3.63, 3.8) is 0 Å². The van der Waals surface area contributed by atoms with Crippen LogP contribution in [0.1, 0.15) is 21.6 Å². The number of amides is 1. The molecule has 4 rings (SSSR count). The maximum atomic E-state index is 12.8. The predicted molar refractivity (Wildman–Crippen MR) is 107 cm³/mol. The lowest BCUT2D eigenvalue weighted by molar-refractivity contribution is 0.0947. The second kappa shape index (κ2) is 7.66. The normalized spacial score (nSPS) is 11.1. The summed E-state index contributed by atoms with van der Waals surface area (Å²) in [6.45, 7) is 0.615. The van der Waals surface area contributed by atoms with E-state index in [4.69, 9.17) is 0 Å². The molecule has 0 spiro atoms. The molecule has 1 amide bonds. The van der Waals surface area contributed by atoms with E-state index in [-0.39, 0.29) is 5.91 Å². The van der Waals surface area contributed by atoms with Crippen LogP contribution in [0.4, 0.5) is 0 Å². The second-order valence-electron chi connectivity index (χ2n) is 6.15. The van der Waals surface area contributed by atoms with Gasteiger partial charge in [-0.1, -0.05) is 54.6 Å². The van der Waals surface area contributed by atoms with E-state index in [0.29, 0.717) is 12.2 Å². The summed E-state index contributed by atoms with van der Waals surface area (Å²) in [5, 5.41) is 5.08. The Morgan fingerprint density at radius 1 is 1.04 bits per heavy atom. The Hall–Kier alpha value is -3.73. The standard InChI is InChI=1S/C22H18N4O/c27-22(25-24-15-18-9-6-12-23-14-18)21-13-19-10-4-5-11-20(19)26(21)16-17-7-2-1-3-8-17/h1-15H,16H2,(H,25,27). The maximum Gasteiger partial charge on any atom is 0.288 e. The summed E-state index contributed by atoms with van der Waals surface area (Å²) in [6.07, 6.45) is 4.95. The van der Waals surface area contributed by atoms with Crippen LogP contribution < -0.4 is 5.43 Å². The Balaban J connectivity index is 1.63. The largest absolute Gasteiger partial charge is 0.332 e. The molecule has 0 aliphatic rings. The molecule has 0 fully saturated rings. The SMILES string of the molecule is O=C(NN=Cc1cccnc1)c1cc2ccccc2n1Cc1ccccc1. The van der Waals surface area contributed by atoms with Crippen molar-refractivity contribution in [3.05, 3.63) is 102 Å². The van der Waals surface area contributed by atoms with Gasteiger partial charge in [-0.3, -0.25) is 9.78 Å². The van der Waals surface area contributed by atoms with Crippen LogP contribution in [-0.4, -0.2) is 21.7 Å². The minimum absolute atomic E-state index is 0.248. The molecule has 2 aromatic carbocycles. The third-order valence-electron chi connectivity index (χ3n) is 4.29. The lowest BCUT2D eigenvalue weighted by Gasteiger charge is -2.10. The molecule has 0 aliphatic carbocycles. The monoisotopic (exact) mass is 354 g/mol. The van der Waals surface area contributed by atoms with Crippen LogP contribution in [0.2, 0.25) is 0 Å². The molecular weight excluding hydrogens is 336 g/mol. The Kier molecular flexibility index (Phi) is 4.74. The van der Waals surface area contributed by atoms with Crippen LogP contribution in [0.3, 0.4) is 0 Å². The predicted octanol–water partition coefficient (Wildman–Crippen LogP) is 3.85. The van der Waals surface area contributed by atoms with E-state index in [2.05, 4.69) is 27.6 Å². The summed E-state index contributed by atoms with van der Waals surface area (Å²) < 4.78 is 2.01. The van der Waals surface area contributed by atoms with Gasteiger partial charge in [-0.05, 0) is 23.8 Å². The highest BCUT2D eigenvalue weighted by Crippen LogP contribution is 2.21. The summed E-state index contributed by atoms with van der Waals surface area (Å²) in [7, 11) is 0. The molecule has 0 saturated carbocycles. The van der Waals surface area contributed by atoms with Crippen LogP contribution >= 0.6 is 0 Å². The van der Waals surface area contributed by atoms with E-state index < -0.39 is 0 Å². The van der Waals surface area contributed by atoms with Crippen LogP contribution in [0, 0.1) is 0 Å². The Morgan fingerprint density at radius 3 is 2.67 bits per heavy atom. The van der Waals surface area contributed by atoms with Crippen LogP contribution in [0.25, 0.3) is 10.9 Å². The average Bonchev–Trinajstić information content (AvgIpc) is 3.08. The van der Waals surface area contributed by atoms with Crippen molar-refractivity contribution in [3.8, 4) is 0 Å². The number of hydrogen-bond acceptors (Lipinski definition) is 3. The molecule has 5 nitrogen and oxygen atoms in total. The molecular formula is C22H18N4O. The Labute approximate surface area is 157 Å². The zero-order valence-electron chi connectivity index (χ0n) is 14.6. The fourth-order valence-corrected chi connectivity index (χ4v) is 3.01. The number of hydrogen-bond donors (Lipinski definition) is 1. The van der Waals surface area contributed by atoms with Crippen molar-refractivity contribution in [2.24, 2.45) is 5.10 Å². The third kappa shape index (κ3) is 3.77. The van der Waals surface area contributed by atoms with Gasteiger partial charge in [-0.25, -0.2) is 5.43 Å². The van der Waals surface area contributed by atoms with Gasteiger partial charge in [-0.2, -0.15) is 5.10 Å². The summed E-state index contributed by atoms with van der Waals surface area (Å²) in [5.74, 6) is -0.248. The smallest absolute Gasteiger partial charge is 0.288 e. The molecule has 4 aromatic rings. The molecule has 0 atom stereocenters. The molecule has 0 radical (unpaired) electrons. The lowest BCUT2D eigenvalue weighted by atomic mass is 10.2. The molecule has 2 aromatic heterocycles. The van der Waals surface area contributed by atoms with E-state index in [1.165, 1.54) is 0 Å². The first-order valence-corrected chi connectivity index (χ1v) is 8.67. The molecule has 5 heteroatoms. The van der Waals surface area contributed by atoms with Gasteiger partial charge in [0.2, 0.25) is 0 Å². The number of nitrogens with zero attached hydrogens (tertiary/aromatic N) is 3. The number of aromatic nitrogens is 2. The number of hydrazone groups is 1. The van der Waals surface area contributed by atoms with E-state index in [9.17, 15) is 4.79 Å². The highest BCUT2D eigenvalue weighted by atomic mass is 16.2. The first-order chi connectivity index (χ1) is 13.3. The quantitative estimate of drug-likeness (QED) is 0.437. The fourth-order valence-electron chi connectivity index (χ4n) is 3.01. The summed E-state index contributed by atoms with van der Waals surface area (Å²) in [4.78, 5) is 16.8. The van der Waals surface area contributed by atoms with Crippen LogP contribution in [-0.2, 0) is 6.54 Å². The van der Waals surface area contributed by atoms with Crippen LogP contribution in [0.5, 0.6) is 0 Å². The van der Waals surface area contributed by atoms with Crippen LogP contribution in [0.15, 0.2) is 90.3 Å². The number of benzene rings is 2. The zero-order valence-corrected chi connectivity index (χ0v) is 14.6. The maximum absolute atomic E-state index is 12.8. The number of nitrogens with one attached hydrogen (secondary N) is 1. The number of carbonyl (C=O) groups excluding carboxylic acids is 1. The van der Waals surface area contributed by atoms with E-state index >= 15 is 0 Å². The van der Waals surface area contributed by atoms with Gasteiger partial charge >= 0.3 is 0 Å². The highest BCUT2D eigenvalue weighted by molar-refractivity contribution is 5.99. The first kappa shape index (κ1) is 16.7. The molecule has 0 bridgehead atoms. The number of carbonyl (C=O) groups is 1. The topological polar surface area (TPSA) is 59.3 Å². The molecule has 1 N–H and O–H groups in total. The first-order valence-electron chi connectivity index (χ1n) is 8.67. The molecule has 0 unspecified atom stereocenters. The van der Waals surface area contributed by atoms with Gasteiger partial charge in [0, 0.05) is 35.4 Å². The fraction of sp³-hybridized carbons (Fsp3) is 0.0455. The van der Waals surface area contributed by atoms with Gasteiger partial charge in [0.15, 0.2) is 0 Å². The van der Waals surface area contributed by atoms with Crippen molar-refractivity contribution in [2.45, 2.75) is 6.54 Å². The van der Waals surface area contributed by atoms with E-state index in [1.807, 2.05) is 65.2 Å². The summed E-state index contributed by atoms with van der Waals surface area (Å²) >= 11 is 0. The highest BCUT2D eigenvalue weighted by Gasteiger charge is 2.15. The summed E-state index contributed by atoms with van der Waals surface area (Å²) in [6, 6.07) is 23.6. The van der Waals surface area contributed by atoms with Gasteiger partial charge in [0.05, 0.1) is 6.21 Å². The van der Waals surface area contributed by atoms with Crippen molar-refractivity contribution in [1.29, 1.82) is 0 Å². The molecule has 132 valence electrons. The number of para-hydroxylation sites is 1. The van der Waals surface area contributed by atoms with Gasteiger partial charge in [0.1, 0.15) is 5.69 Å². The Bertz CT molecular complexity index is 1090. The molecule has 27 heavy (non-hydrogen) atoms. The van der Waals surface area contributed by atoms with Crippen molar-refractivity contribution in [1.82, 2.24) is 15.0 Å². The van der Waals surface area contributed by atoms with Gasteiger partial charge < -0.3 is 4.57 Å². The number of pyridine rings is 1. The van der Waals surface area contributed by atoms with E-state index in [0.717, 1.165) is 22.0 Å². The Morgan fingerprint density at radius 2 is 1.85 bits per heavy atom. The minimum Gasteiger partial charge on any atom is -0.332 e. The number of rotatable bonds is 5.